The first kappa shape index (κ1) is 24.4. The fourth-order valence-electron chi connectivity index (χ4n) is 3.33. The van der Waals surface area contributed by atoms with Gasteiger partial charge in [-0.25, -0.2) is 4.39 Å². The molecule has 174 valence electrons. The normalized spacial score (nSPS) is 11.0. The second kappa shape index (κ2) is 11.6. The molecule has 3 rings (SSSR count). The summed E-state index contributed by atoms with van der Waals surface area (Å²) in [6.45, 7) is 5.31. The summed E-state index contributed by atoms with van der Waals surface area (Å²) in [6.07, 6.45) is 0.0875. The number of rotatable bonds is 11. The average molecular weight is 470 g/mol. The summed E-state index contributed by atoms with van der Waals surface area (Å²) in [6, 6.07) is 16.0. The van der Waals surface area contributed by atoms with Gasteiger partial charge in [-0.05, 0) is 23.6 Å². The van der Waals surface area contributed by atoms with Gasteiger partial charge in [0.2, 0.25) is 11.8 Å². The zero-order valence-corrected chi connectivity index (χ0v) is 19.6. The standard InChI is InChI=1S/C24H28FN5O2S/c1-17(2)14-30-23(19-10-6-7-11-20(19)25)27-28-24(30)33-16-22(32)29(13-12-21(26)31)15-18-8-4-3-5-9-18/h3-11,17H,12-16H2,1-2H3,(H2,26,31). The van der Waals surface area contributed by atoms with Crippen molar-refractivity contribution in [1.29, 1.82) is 0 Å². The van der Waals surface area contributed by atoms with Crippen molar-refractivity contribution in [2.45, 2.75) is 38.5 Å². The minimum absolute atomic E-state index is 0.0875. The highest BCUT2D eigenvalue weighted by Gasteiger charge is 2.21. The van der Waals surface area contributed by atoms with Crippen molar-refractivity contribution >= 4 is 23.6 Å². The average Bonchev–Trinajstić information content (AvgIpc) is 3.17. The molecule has 0 aliphatic heterocycles. The summed E-state index contributed by atoms with van der Waals surface area (Å²) in [4.78, 5) is 25.9. The number of carbonyl (C=O) groups excluding carboxylic acids is 2. The molecule has 0 radical (unpaired) electrons. The Hall–Kier alpha value is -3.20. The van der Waals surface area contributed by atoms with Crippen LogP contribution in [0.25, 0.3) is 11.4 Å². The molecule has 7 nitrogen and oxygen atoms in total. The Morgan fingerprint density at radius 1 is 1.09 bits per heavy atom. The molecule has 0 spiro atoms. The molecule has 0 aliphatic rings. The highest BCUT2D eigenvalue weighted by Crippen LogP contribution is 2.27. The minimum Gasteiger partial charge on any atom is -0.370 e. The fraction of sp³-hybridized carbons (Fsp3) is 0.333. The summed E-state index contributed by atoms with van der Waals surface area (Å²) < 4.78 is 16.2. The maximum Gasteiger partial charge on any atom is 0.233 e. The molecule has 1 aromatic heterocycles. The minimum atomic E-state index is -0.459. The van der Waals surface area contributed by atoms with Crippen molar-refractivity contribution < 1.29 is 14.0 Å². The summed E-state index contributed by atoms with van der Waals surface area (Å²) in [5.41, 5.74) is 6.64. The lowest BCUT2D eigenvalue weighted by molar-refractivity contribution is -0.129. The van der Waals surface area contributed by atoms with Crippen LogP contribution in [0.3, 0.4) is 0 Å². The van der Waals surface area contributed by atoms with Crippen LogP contribution in [0.5, 0.6) is 0 Å². The van der Waals surface area contributed by atoms with E-state index in [1.165, 1.54) is 17.8 Å². The second-order valence-electron chi connectivity index (χ2n) is 8.10. The quantitative estimate of drug-likeness (QED) is 0.432. The molecule has 3 aromatic rings. The Kier molecular flexibility index (Phi) is 8.59. The van der Waals surface area contributed by atoms with E-state index in [-0.39, 0.29) is 36.4 Å². The Balaban J connectivity index is 1.78. The summed E-state index contributed by atoms with van der Waals surface area (Å²) in [5.74, 6) is -0.156. The molecule has 0 saturated heterocycles. The van der Waals surface area contributed by atoms with Gasteiger partial charge in [0.25, 0.3) is 0 Å². The molecule has 33 heavy (non-hydrogen) atoms. The van der Waals surface area contributed by atoms with Crippen molar-refractivity contribution in [3.63, 3.8) is 0 Å². The number of amides is 2. The van der Waals surface area contributed by atoms with Crippen molar-refractivity contribution in [2.24, 2.45) is 11.7 Å². The van der Waals surface area contributed by atoms with Crippen molar-refractivity contribution in [2.75, 3.05) is 12.3 Å². The van der Waals surface area contributed by atoms with Gasteiger partial charge in [-0.3, -0.25) is 9.59 Å². The SMILES string of the molecule is CC(C)Cn1c(SCC(=O)N(CCC(N)=O)Cc2ccccc2)nnc1-c1ccccc1F. The maximum atomic E-state index is 14.4. The lowest BCUT2D eigenvalue weighted by atomic mass is 10.2. The number of thioether (sulfide) groups is 1. The molecule has 0 fully saturated rings. The number of hydrogen-bond acceptors (Lipinski definition) is 5. The monoisotopic (exact) mass is 469 g/mol. The van der Waals surface area contributed by atoms with Crippen LogP contribution in [-0.2, 0) is 22.7 Å². The van der Waals surface area contributed by atoms with Gasteiger partial charge >= 0.3 is 0 Å². The van der Waals surface area contributed by atoms with Crippen molar-refractivity contribution in [3.8, 4) is 11.4 Å². The van der Waals surface area contributed by atoms with Crippen LogP contribution in [0, 0.1) is 11.7 Å². The Labute approximate surface area is 197 Å². The second-order valence-corrected chi connectivity index (χ2v) is 9.04. The van der Waals surface area contributed by atoms with E-state index in [4.69, 9.17) is 5.73 Å². The summed E-state index contributed by atoms with van der Waals surface area (Å²) in [5, 5.41) is 9.00. The van der Waals surface area contributed by atoms with Crippen molar-refractivity contribution in [1.82, 2.24) is 19.7 Å². The lowest BCUT2D eigenvalue weighted by Gasteiger charge is -2.22. The molecule has 0 unspecified atom stereocenters. The molecule has 9 heteroatoms. The molecule has 1 heterocycles. The molecule has 0 atom stereocenters. The van der Waals surface area contributed by atoms with E-state index in [9.17, 15) is 14.0 Å². The first-order chi connectivity index (χ1) is 15.8. The smallest absolute Gasteiger partial charge is 0.233 e. The zero-order valence-electron chi connectivity index (χ0n) is 18.8. The highest BCUT2D eigenvalue weighted by molar-refractivity contribution is 7.99. The first-order valence-electron chi connectivity index (χ1n) is 10.8. The van der Waals surface area contributed by atoms with E-state index >= 15 is 0 Å². The Bertz CT molecular complexity index is 1090. The van der Waals surface area contributed by atoms with Gasteiger partial charge in [0.05, 0.1) is 11.3 Å². The largest absolute Gasteiger partial charge is 0.370 e. The molecule has 2 aromatic carbocycles. The van der Waals surface area contributed by atoms with Gasteiger partial charge in [0.1, 0.15) is 5.82 Å². The van der Waals surface area contributed by atoms with Crippen LogP contribution in [0.15, 0.2) is 59.8 Å². The van der Waals surface area contributed by atoms with E-state index in [0.29, 0.717) is 29.6 Å². The molecule has 0 aliphatic carbocycles. The predicted octanol–water partition coefficient (Wildman–Crippen LogP) is 3.74. The zero-order chi connectivity index (χ0) is 23.8. The van der Waals surface area contributed by atoms with Gasteiger partial charge in [-0.15, -0.1) is 10.2 Å². The van der Waals surface area contributed by atoms with E-state index < -0.39 is 5.91 Å². The van der Waals surface area contributed by atoms with E-state index in [0.717, 1.165) is 5.56 Å². The number of nitrogens with two attached hydrogens (primary N) is 1. The van der Waals surface area contributed by atoms with Gasteiger partial charge in [0.15, 0.2) is 11.0 Å². The Morgan fingerprint density at radius 3 is 2.45 bits per heavy atom. The number of hydrogen-bond donors (Lipinski definition) is 1. The van der Waals surface area contributed by atoms with Crippen LogP contribution in [0.1, 0.15) is 25.8 Å². The van der Waals surface area contributed by atoms with Gasteiger partial charge < -0.3 is 15.2 Å². The van der Waals surface area contributed by atoms with Crippen LogP contribution in [-0.4, -0.2) is 43.8 Å². The number of aromatic nitrogens is 3. The predicted molar refractivity (Wildman–Crippen MR) is 127 cm³/mol. The van der Waals surface area contributed by atoms with E-state index in [1.807, 2.05) is 34.9 Å². The van der Waals surface area contributed by atoms with Crippen LogP contribution in [0.4, 0.5) is 4.39 Å². The molecular weight excluding hydrogens is 441 g/mol. The molecular formula is C24H28FN5O2S. The van der Waals surface area contributed by atoms with Crippen LogP contribution >= 0.6 is 11.8 Å². The Morgan fingerprint density at radius 2 is 1.79 bits per heavy atom. The third-order valence-electron chi connectivity index (χ3n) is 4.90. The topological polar surface area (TPSA) is 94.1 Å². The number of benzene rings is 2. The lowest BCUT2D eigenvalue weighted by Crippen LogP contribution is -2.34. The fourth-order valence-corrected chi connectivity index (χ4v) is 4.18. The molecule has 2 N–H and O–H groups in total. The van der Waals surface area contributed by atoms with Crippen molar-refractivity contribution in [3.05, 3.63) is 66.0 Å². The third-order valence-corrected chi connectivity index (χ3v) is 5.85. The molecule has 0 saturated carbocycles. The third kappa shape index (κ3) is 6.89. The molecule has 0 bridgehead atoms. The maximum absolute atomic E-state index is 14.4. The number of nitrogens with zero attached hydrogens (tertiary/aromatic N) is 4. The highest BCUT2D eigenvalue weighted by atomic mass is 32.2. The molecule has 2 amide bonds. The number of carbonyl (C=O) groups is 2. The summed E-state index contributed by atoms with van der Waals surface area (Å²) >= 11 is 1.25. The van der Waals surface area contributed by atoms with Gasteiger partial charge in [0, 0.05) is 26.1 Å². The van der Waals surface area contributed by atoms with E-state index in [1.54, 1.807) is 23.1 Å². The van der Waals surface area contributed by atoms with Crippen LogP contribution < -0.4 is 5.73 Å². The van der Waals surface area contributed by atoms with Gasteiger partial charge in [-0.1, -0.05) is 68.1 Å². The number of halogens is 1. The summed E-state index contributed by atoms with van der Waals surface area (Å²) in [7, 11) is 0. The number of primary amides is 1. The van der Waals surface area contributed by atoms with E-state index in [2.05, 4.69) is 24.0 Å². The first-order valence-corrected chi connectivity index (χ1v) is 11.7. The van der Waals surface area contributed by atoms with Gasteiger partial charge in [-0.2, -0.15) is 0 Å². The van der Waals surface area contributed by atoms with Crippen LogP contribution in [0.2, 0.25) is 0 Å².